The van der Waals surface area contributed by atoms with Crippen LogP contribution in [-0.4, -0.2) is 42.9 Å². The van der Waals surface area contributed by atoms with Crippen molar-refractivity contribution in [1.82, 2.24) is 4.90 Å². The Bertz CT molecular complexity index is 625. The molecule has 0 saturated carbocycles. The number of aliphatic hydroxyl groups is 1. The van der Waals surface area contributed by atoms with Crippen LogP contribution in [0.5, 0.6) is 5.75 Å². The minimum atomic E-state index is -0.0540. The number of nitrogens with zero attached hydrogens (tertiary/aromatic N) is 1. The van der Waals surface area contributed by atoms with Crippen LogP contribution in [0.25, 0.3) is 0 Å². The number of hydrogen-bond acceptors (Lipinski definition) is 5. The van der Waals surface area contributed by atoms with Crippen molar-refractivity contribution in [3.63, 3.8) is 0 Å². The van der Waals surface area contributed by atoms with E-state index in [2.05, 4.69) is 17.0 Å². The average Bonchev–Trinajstić information content (AvgIpc) is 3.03. The molecule has 1 fully saturated rings. The molecule has 2 heterocycles. The van der Waals surface area contributed by atoms with Crippen LogP contribution in [0.3, 0.4) is 0 Å². The fourth-order valence-corrected chi connectivity index (χ4v) is 2.92. The van der Waals surface area contributed by atoms with Gasteiger partial charge in [-0.05, 0) is 29.8 Å². The minimum absolute atomic E-state index is 0.0540. The van der Waals surface area contributed by atoms with Crippen LogP contribution in [0, 0.1) is 0 Å². The molecule has 1 aromatic carbocycles. The van der Waals surface area contributed by atoms with Crippen molar-refractivity contribution in [3.8, 4) is 5.75 Å². The molecule has 1 saturated heterocycles. The minimum Gasteiger partial charge on any atom is -0.497 e. The van der Waals surface area contributed by atoms with Crippen LogP contribution in [0.15, 0.2) is 40.8 Å². The van der Waals surface area contributed by atoms with Crippen molar-refractivity contribution in [2.75, 3.05) is 26.8 Å². The predicted molar refractivity (Wildman–Crippen MR) is 86.3 cm³/mol. The Morgan fingerprint density at radius 1 is 1.26 bits per heavy atom. The molecular formula is C18H23NO4. The highest BCUT2D eigenvalue weighted by Crippen LogP contribution is 2.18. The van der Waals surface area contributed by atoms with E-state index in [1.807, 2.05) is 24.3 Å². The van der Waals surface area contributed by atoms with Crippen LogP contribution in [0.1, 0.15) is 17.1 Å². The van der Waals surface area contributed by atoms with Crippen molar-refractivity contribution < 1.29 is 19.0 Å². The quantitative estimate of drug-likeness (QED) is 0.885. The fourth-order valence-electron chi connectivity index (χ4n) is 2.92. The lowest BCUT2D eigenvalue weighted by Crippen LogP contribution is -2.42. The lowest BCUT2D eigenvalue weighted by molar-refractivity contribution is -0.0324. The molecule has 1 aliphatic rings. The van der Waals surface area contributed by atoms with E-state index in [1.165, 1.54) is 5.56 Å². The third-order valence-electron chi connectivity index (χ3n) is 4.07. The van der Waals surface area contributed by atoms with Crippen molar-refractivity contribution in [3.05, 3.63) is 53.5 Å². The Morgan fingerprint density at radius 2 is 2.13 bits per heavy atom. The molecule has 1 unspecified atom stereocenters. The number of rotatable bonds is 6. The first kappa shape index (κ1) is 16.1. The molecule has 0 amide bonds. The first-order valence-corrected chi connectivity index (χ1v) is 7.92. The Kier molecular flexibility index (Phi) is 5.33. The summed E-state index contributed by atoms with van der Waals surface area (Å²) < 4.78 is 16.7. The van der Waals surface area contributed by atoms with E-state index in [0.29, 0.717) is 5.76 Å². The van der Waals surface area contributed by atoms with Crippen LogP contribution in [0.4, 0.5) is 0 Å². The second kappa shape index (κ2) is 7.64. The van der Waals surface area contributed by atoms with Crippen LogP contribution in [0.2, 0.25) is 0 Å². The molecule has 2 aromatic rings. The van der Waals surface area contributed by atoms with Crippen molar-refractivity contribution >= 4 is 0 Å². The molecule has 0 spiro atoms. The number of furan rings is 1. The largest absolute Gasteiger partial charge is 0.497 e. The maximum absolute atomic E-state index is 9.07. The van der Waals surface area contributed by atoms with Gasteiger partial charge in [-0.15, -0.1) is 0 Å². The first-order valence-electron chi connectivity index (χ1n) is 7.92. The highest BCUT2D eigenvalue weighted by molar-refractivity contribution is 5.28. The van der Waals surface area contributed by atoms with Gasteiger partial charge in [0.2, 0.25) is 0 Å². The first-order chi connectivity index (χ1) is 11.3. The highest BCUT2D eigenvalue weighted by atomic mass is 16.5. The summed E-state index contributed by atoms with van der Waals surface area (Å²) in [7, 11) is 1.68. The fraction of sp³-hybridized carbons (Fsp3) is 0.444. The molecule has 23 heavy (non-hydrogen) atoms. The molecule has 3 rings (SSSR count). The summed E-state index contributed by atoms with van der Waals surface area (Å²) in [5.41, 5.74) is 1.22. The van der Waals surface area contributed by atoms with Gasteiger partial charge in [-0.2, -0.15) is 0 Å². The number of benzene rings is 1. The van der Waals surface area contributed by atoms with Crippen molar-refractivity contribution in [1.29, 1.82) is 0 Å². The molecule has 0 aliphatic carbocycles. The Hall–Kier alpha value is -1.82. The van der Waals surface area contributed by atoms with Crippen LogP contribution >= 0.6 is 0 Å². The summed E-state index contributed by atoms with van der Waals surface area (Å²) in [6.07, 6.45) is 1.04. The van der Waals surface area contributed by atoms with Gasteiger partial charge in [0.05, 0.1) is 26.4 Å². The molecule has 0 bridgehead atoms. The lowest BCUT2D eigenvalue weighted by atomic mass is 10.1. The van der Waals surface area contributed by atoms with E-state index in [4.69, 9.17) is 19.0 Å². The second-order valence-electron chi connectivity index (χ2n) is 5.81. The number of ether oxygens (including phenoxy) is 2. The van der Waals surface area contributed by atoms with Crippen molar-refractivity contribution in [2.24, 2.45) is 0 Å². The number of methoxy groups -OCH3 is 1. The smallest absolute Gasteiger partial charge is 0.129 e. The third-order valence-corrected chi connectivity index (χ3v) is 4.07. The summed E-state index contributed by atoms with van der Waals surface area (Å²) in [6, 6.07) is 11.9. The Balaban J connectivity index is 1.57. The summed E-state index contributed by atoms with van der Waals surface area (Å²) in [5.74, 6) is 2.37. The SMILES string of the molecule is COc1cccc(CC2CN(Cc3ccc(CO)o3)CCO2)c1. The zero-order valence-corrected chi connectivity index (χ0v) is 13.4. The van der Waals surface area contributed by atoms with E-state index in [0.717, 1.165) is 44.2 Å². The molecule has 5 nitrogen and oxygen atoms in total. The lowest BCUT2D eigenvalue weighted by Gasteiger charge is -2.32. The van der Waals surface area contributed by atoms with E-state index >= 15 is 0 Å². The highest BCUT2D eigenvalue weighted by Gasteiger charge is 2.21. The Labute approximate surface area is 136 Å². The van der Waals surface area contributed by atoms with Gasteiger partial charge < -0.3 is 19.0 Å². The van der Waals surface area contributed by atoms with Gasteiger partial charge in [0.1, 0.15) is 23.9 Å². The van der Waals surface area contributed by atoms with Gasteiger partial charge in [0.15, 0.2) is 0 Å². The van der Waals surface area contributed by atoms with E-state index in [1.54, 1.807) is 7.11 Å². The van der Waals surface area contributed by atoms with Crippen molar-refractivity contribution in [2.45, 2.75) is 25.7 Å². The molecule has 1 N–H and O–H groups in total. The molecule has 1 aromatic heterocycles. The van der Waals surface area contributed by atoms with Crippen LogP contribution < -0.4 is 4.74 Å². The number of aliphatic hydroxyl groups excluding tert-OH is 1. The molecule has 1 aliphatic heterocycles. The van der Waals surface area contributed by atoms with Gasteiger partial charge in [-0.3, -0.25) is 4.90 Å². The average molecular weight is 317 g/mol. The molecule has 124 valence electrons. The van der Waals surface area contributed by atoms with Gasteiger partial charge in [0, 0.05) is 19.5 Å². The van der Waals surface area contributed by atoms with Gasteiger partial charge in [-0.25, -0.2) is 0 Å². The predicted octanol–water partition coefficient (Wildman–Crippen LogP) is 2.22. The third kappa shape index (κ3) is 4.34. The normalized spacial score (nSPS) is 19.0. The Morgan fingerprint density at radius 3 is 2.91 bits per heavy atom. The zero-order chi connectivity index (χ0) is 16.1. The molecular weight excluding hydrogens is 294 g/mol. The molecule has 1 atom stereocenters. The van der Waals surface area contributed by atoms with Gasteiger partial charge in [0.25, 0.3) is 0 Å². The summed E-state index contributed by atoms with van der Waals surface area (Å²) >= 11 is 0. The second-order valence-corrected chi connectivity index (χ2v) is 5.81. The zero-order valence-electron chi connectivity index (χ0n) is 13.4. The summed E-state index contributed by atoms with van der Waals surface area (Å²) in [6.45, 7) is 3.18. The maximum atomic E-state index is 9.07. The number of morpholine rings is 1. The van der Waals surface area contributed by atoms with E-state index < -0.39 is 0 Å². The number of hydrogen-bond donors (Lipinski definition) is 1. The molecule has 5 heteroatoms. The molecule has 0 radical (unpaired) electrons. The summed E-state index contributed by atoms with van der Waals surface area (Å²) in [4.78, 5) is 2.33. The van der Waals surface area contributed by atoms with Crippen LogP contribution in [-0.2, 0) is 24.3 Å². The summed E-state index contributed by atoms with van der Waals surface area (Å²) in [5, 5.41) is 9.07. The maximum Gasteiger partial charge on any atom is 0.129 e. The van der Waals surface area contributed by atoms with E-state index in [9.17, 15) is 0 Å². The van der Waals surface area contributed by atoms with Gasteiger partial charge >= 0.3 is 0 Å². The monoisotopic (exact) mass is 317 g/mol. The van der Waals surface area contributed by atoms with E-state index in [-0.39, 0.29) is 12.7 Å². The topological polar surface area (TPSA) is 55.1 Å². The van der Waals surface area contributed by atoms with Gasteiger partial charge in [-0.1, -0.05) is 12.1 Å². The standard InChI is InChI=1S/C18H23NO4/c1-21-15-4-2-3-14(9-15)10-18-12-19(7-8-22-18)11-16-5-6-17(13-20)23-16/h2-6,9,18,20H,7-8,10-13H2,1H3.